The fourth-order valence-electron chi connectivity index (χ4n) is 3.97. The number of carbonyl (C=O) groups excluding carboxylic acids is 2. The van der Waals surface area contributed by atoms with Crippen LogP contribution in [0.3, 0.4) is 0 Å². The molecule has 0 amide bonds. The van der Waals surface area contributed by atoms with E-state index >= 15 is 0 Å². The fourth-order valence-corrected chi connectivity index (χ4v) is 3.97. The number of methoxy groups -OCH3 is 1. The number of nitrogens with zero attached hydrogens (tertiary/aromatic N) is 3. The number of ether oxygens (including phenoxy) is 2. The second kappa shape index (κ2) is 10.2. The van der Waals surface area contributed by atoms with Crippen molar-refractivity contribution in [1.82, 2.24) is 14.8 Å². The summed E-state index contributed by atoms with van der Waals surface area (Å²) >= 11 is 0. The van der Waals surface area contributed by atoms with Gasteiger partial charge in [0, 0.05) is 50.9 Å². The summed E-state index contributed by atoms with van der Waals surface area (Å²) in [7, 11) is 1.58. The highest BCUT2D eigenvalue weighted by molar-refractivity contribution is 6.27. The number of hydrogen-bond donors (Lipinski definition) is 1. The Balaban J connectivity index is 1.93. The van der Waals surface area contributed by atoms with Crippen LogP contribution in [-0.2, 0) is 22.3 Å². The van der Waals surface area contributed by atoms with Crippen LogP contribution in [0.5, 0.6) is 5.75 Å². The number of pyridine rings is 1. The quantitative estimate of drug-likeness (QED) is 0.311. The molecule has 0 saturated carbocycles. The maximum Gasteiger partial charge on any atom is 0.435 e. The van der Waals surface area contributed by atoms with Crippen LogP contribution in [0.1, 0.15) is 60.4 Å². The van der Waals surface area contributed by atoms with Crippen LogP contribution in [0, 0.1) is 12.3 Å². The lowest BCUT2D eigenvalue weighted by atomic mass is 9.75. The summed E-state index contributed by atoms with van der Waals surface area (Å²) in [5, 5.41) is 13.9. The second-order valence-corrected chi connectivity index (χ2v) is 9.25. The summed E-state index contributed by atoms with van der Waals surface area (Å²) in [4.78, 5) is 29.8. The van der Waals surface area contributed by atoms with Gasteiger partial charge in [0.2, 0.25) is 5.78 Å². The van der Waals surface area contributed by atoms with E-state index in [-0.39, 0.29) is 19.4 Å². The number of alkyl halides is 3. The van der Waals surface area contributed by atoms with Gasteiger partial charge in [-0.3, -0.25) is 19.3 Å². The average molecular weight is 495 g/mol. The highest BCUT2D eigenvalue weighted by atomic mass is 19.4. The van der Waals surface area contributed by atoms with Gasteiger partial charge in [-0.05, 0) is 18.4 Å². The molecule has 1 N–H and O–H groups in total. The first-order chi connectivity index (χ1) is 16.3. The Hall–Kier alpha value is -3.21. The minimum Gasteiger partial charge on any atom is -0.511 e. The number of aliphatic hydroxyl groups excluding tert-OH is 1. The van der Waals surface area contributed by atoms with Gasteiger partial charge in [-0.1, -0.05) is 13.8 Å². The first-order valence-corrected chi connectivity index (χ1v) is 11.0. The molecule has 8 nitrogen and oxygen atoms in total. The molecule has 2 heterocycles. The molecule has 0 radical (unpaired) electrons. The molecular formula is C24H28F3N3O5. The maximum atomic E-state index is 13.8. The highest BCUT2D eigenvalue weighted by Gasteiger charge is 2.43. The average Bonchev–Trinajstić information content (AvgIpc) is 3.16. The fraction of sp³-hybridized carbons (Fsp3) is 0.500. The van der Waals surface area contributed by atoms with Gasteiger partial charge in [-0.25, -0.2) is 0 Å². The van der Waals surface area contributed by atoms with E-state index in [4.69, 9.17) is 9.47 Å². The molecular weight excluding hydrogens is 467 g/mol. The number of ketones is 2. The number of rotatable bonds is 9. The van der Waals surface area contributed by atoms with Gasteiger partial charge >= 0.3 is 6.18 Å². The van der Waals surface area contributed by atoms with Crippen LogP contribution in [0.2, 0.25) is 0 Å². The van der Waals surface area contributed by atoms with Crippen molar-refractivity contribution in [1.29, 1.82) is 0 Å². The number of halogens is 3. The van der Waals surface area contributed by atoms with E-state index in [0.717, 1.165) is 10.9 Å². The Bertz CT molecular complexity index is 1150. The third-order valence-corrected chi connectivity index (χ3v) is 5.68. The molecule has 0 saturated heterocycles. The lowest BCUT2D eigenvalue weighted by Crippen LogP contribution is -2.29. The number of allylic oxidation sites excluding steroid dienone is 2. The first kappa shape index (κ1) is 26.4. The third kappa shape index (κ3) is 6.08. The minimum absolute atomic E-state index is 0.00951. The van der Waals surface area contributed by atoms with E-state index in [1.165, 1.54) is 6.20 Å². The first-order valence-electron chi connectivity index (χ1n) is 11.0. The molecule has 0 spiro atoms. The van der Waals surface area contributed by atoms with Crippen molar-refractivity contribution >= 4 is 11.6 Å². The lowest BCUT2D eigenvalue weighted by molar-refractivity contribution is -0.141. The molecule has 1 aliphatic carbocycles. The number of carbonyl (C=O) groups is 2. The van der Waals surface area contributed by atoms with Crippen LogP contribution in [-0.4, -0.2) is 51.8 Å². The van der Waals surface area contributed by atoms with Crippen molar-refractivity contribution in [3.63, 3.8) is 0 Å². The molecule has 1 aliphatic rings. The van der Waals surface area contributed by atoms with Crippen LogP contribution in [0.4, 0.5) is 13.2 Å². The molecule has 0 fully saturated rings. The normalized spacial score (nSPS) is 16.0. The summed E-state index contributed by atoms with van der Waals surface area (Å²) < 4.78 is 52.9. The summed E-state index contributed by atoms with van der Waals surface area (Å²) in [6.45, 7) is 5.93. The zero-order valence-corrected chi connectivity index (χ0v) is 20.0. The Morgan fingerprint density at radius 1 is 1.26 bits per heavy atom. The lowest BCUT2D eigenvalue weighted by Gasteiger charge is -2.29. The van der Waals surface area contributed by atoms with Crippen LogP contribution >= 0.6 is 0 Å². The molecule has 11 heteroatoms. The predicted molar refractivity (Wildman–Crippen MR) is 119 cm³/mol. The Morgan fingerprint density at radius 2 is 1.97 bits per heavy atom. The van der Waals surface area contributed by atoms with E-state index in [1.807, 2.05) is 0 Å². The third-order valence-electron chi connectivity index (χ3n) is 5.68. The van der Waals surface area contributed by atoms with E-state index in [1.54, 1.807) is 33.9 Å². The molecule has 190 valence electrons. The van der Waals surface area contributed by atoms with Crippen molar-refractivity contribution < 1.29 is 37.3 Å². The van der Waals surface area contributed by atoms with Gasteiger partial charge in [0.25, 0.3) is 0 Å². The van der Waals surface area contributed by atoms with E-state index in [0.29, 0.717) is 36.6 Å². The Labute approximate surface area is 200 Å². The van der Waals surface area contributed by atoms with Gasteiger partial charge in [0.15, 0.2) is 11.5 Å². The van der Waals surface area contributed by atoms with Crippen molar-refractivity contribution in [3.8, 4) is 5.75 Å². The van der Waals surface area contributed by atoms with E-state index < -0.39 is 45.7 Å². The van der Waals surface area contributed by atoms with Gasteiger partial charge in [0.1, 0.15) is 17.1 Å². The summed E-state index contributed by atoms with van der Waals surface area (Å²) in [6, 6.07) is 1.65. The topological polar surface area (TPSA) is 104 Å². The summed E-state index contributed by atoms with van der Waals surface area (Å²) in [6.07, 6.45) is -1.93. The SMILES string of the molecule is COCCCOc1ccnc(Cn2cc(C(=O)C3=C(O)CC(C)(C)CC3=O)c(C(F)(F)F)n2)c1C. The van der Waals surface area contributed by atoms with Gasteiger partial charge < -0.3 is 14.6 Å². The molecule has 35 heavy (non-hydrogen) atoms. The largest absolute Gasteiger partial charge is 0.511 e. The maximum absolute atomic E-state index is 13.8. The van der Waals surface area contributed by atoms with Gasteiger partial charge in [0.05, 0.1) is 24.4 Å². The zero-order valence-electron chi connectivity index (χ0n) is 20.0. The Morgan fingerprint density at radius 3 is 2.60 bits per heavy atom. The number of hydrogen-bond acceptors (Lipinski definition) is 7. The molecule has 2 aromatic heterocycles. The van der Waals surface area contributed by atoms with E-state index in [2.05, 4.69) is 10.1 Å². The van der Waals surface area contributed by atoms with Crippen molar-refractivity contribution in [2.24, 2.45) is 5.41 Å². The molecule has 0 atom stereocenters. The van der Waals surface area contributed by atoms with Crippen molar-refractivity contribution in [3.05, 3.63) is 52.3 Å². The van der Waals surface area contributed by atoms with Gasteiger partial charge in [-0.15, -0.1) is 0 Å². The van der Waals surface area contributed by atoms with E-state index in [9.17, 15) is 27.9 Å². The van der Waals surface area contributed by atoms with Gasteiger partial charge in [-0.2, -0.15) is 18.3 Å². The van der Waals surface area contributed by atoms with Crippen LogP contribution in [0.25, 0.3) is 0 Å². The number of aromatic nitrogens is 3. The van der Waals surface area contributed by atoms with Crippen molar-refractivity contribution in [2.75, 3.05) is 20.3 Å². The smallest absolute Gasteiger partial charge is 0.435 e. The second-order valence-electron chi connectivity index (χ2n) is 9.25. The minimum atomic E-state index is -4.95. The standard InChI is InChI=1S/C24H28F3N3O5/c1-14-16(28-7-6-19(14)35-9-5-8-34-4)13-30-12-15(22(29-30)24(25,26)27)21(33)20-17(31)10-23(2,3)11-18(20)32/h6-7,12,31H,5,8-11,13H2,1-4H3. The molecule has 0 aromatic carbocycles. The van der Waals surface area contributed by atoms with Crippen molar-refractivity contribution in [2.45, 2.75) is 52.8 Å². The number of Topliss-reactive ketones (excluding diaryl/α,β-unsaturated/α-hetero) is 2. The molecule has 2 aromatic rings. The number of aliphatic hydroxyl groups is 1. The van der Waals surface area contributed by atoms with Crippen LogP contribution in [0.15, 0.2) is 29.8 Å². The summed E-state index contributed by atoms with van der Waals surface area (Å²) in [5.41, 5.74) is -2.41. The predicted octanol–water partition coefficient (Wildman–Crippen LogP) is 4.45. The highest BCUT2D eigenvalue weighted by Crippen LogP contribution is 2.38. The summed E-state index contributed by atoms with van der Waals surface area (Å²) in [5.74, 6) is -1.87. The zero-order chi connectivity index (χ0) is 26.0. The molecule has 0 bridgehead atoms. The molecule has 3 rings (SSSR count). The Kier molecular flexibility index (Phi) is 7.68. The molecule has 0 unspecified atom stereocenters. The van der Waals surface area contributed by atoms with Crippen LogP contribution < -0.4 is 4.74 Å². The monoisotopic (exact) mass is 495 g/mol. The molecule has 0 aliphatic heterocycles.